The first-order valence-corrected chi connectivity index (χ1v) is 6.39. The number of hydrogen-bond donors (Lipinski definition) is 1. The highest BCUT2D eigenvalue weighted by molar-refractivity contribution is 6.05. The lowest BCUT2D eigenvalue weighted by atomic mass is 9.98. The quantitative estimate of drug-likeness (QED) is 0.703. The van der Waals surface area contributed by atoms with Gasteiger partial charge in [-0.2, -0.15) is 0 Å². The van der Waals surface area contributed by atoms with Crippen LogP contribution in [0, 0.1) is 6.92 Å². The van der Waals surface area contributed by atoms with Crippen LogP contribution in [0.2, 0.25) is 0 Å². The van der Waals surface area contributed by atoms with Crippen molar-refractivity contribution in [2.45, 2.75) is 13.8 Å². The molecule has 3 nitrogen and oxygen atoms in total. The van der Waals surface area contributed by atoms with Crippen LogP contribution in [0.15, 0.2) is 47.1 Å². The zero-order valence-electron chi connectivity index (χ0n) is 11.3. The van der Waals surface area contributed by atoms with Gasteiger partial charge in [0.2, 0.25) is 0 Å². The van der Waals surface area contributed by atoms with Gasteiger partial charge in [-0.3, -0.25) is 4.79 Å². The summed E-state index contributed by atoms with van der Waals surface area (Å²) < 4.78 is 5.58. The average Bonchev–Trinajstić information content (AvgIpc) is 2.87. The minimum absolute atomic E-state index is 0.000961. The Kier molecular flexibility index (Phi) is 2.83. The number of furan rings is 1. The number of aromatic hydroxyl groups is 1. The number of phenolic OH excluding ortho intramolecular Hbond substituents is 1. The maximum absolute atomic E-state index is 11.6. The lowest BCUT2D eigenvalue weighted by molar-refractivity contribution is 0.101. The molecule has 0 spiro atoms. The lowest BCUT2D eigenvalue weighted by Crippen LogP contribution is -1.94. The van der Waals surface area contributed by atoms with E-state index in [1.54, 1.807) is 19.3 Å². The number of aryl methyl sites for hydroxylation is 1. The lowest BCUT2D eigenvalue weighted by Gasteiger charge is -2.06. The first-order valence-electron chi connectivity index (χ1n) is 6.39. The van der Waals surface area contributed by atoms with Gasteiger partial charge in [0, 0.05) is 16.5 Å². The molecule has 20 heavy (non-hydrogen) atoms. The second-order valence-corrected chi connectivity index (χ2v) is 4.85. The van der Waals surface area contributed by atoms with E-state index in [1.165, 1.54) is 6.92 Å². The maximum Gasteiger partial charge on any atom is 0.163 e. The van der Waals surface area contributed by atoms with Crippen LogP contribution in [0.3, 0.4) is 0 Å². The first-order chi connectivity index (χ1) is 9.59. The fourth-order valence-corrected chi connectivity index (χ4v) is 2.43. The van der Waals surface area contributed by atoms with Gasteiger partial charge in [-0.1, -0.05) is 30.3 Å². The van der Waals surface area contributed by atoms with E-state index in [0.717, 1.165) is 16.5 Å². The van der Waals surface area contributed by atoms with E-state index >= 15 is 0 Å². The van der Waals surface area contributed by atoms with Crippen LogP contribution >= 0.6 is 0 Å². The summed E-state index contributed by atoms with van der Waals surface area (Å²) in [5, 5.41) is 10.9. The summed E-state index contributed by atoms with van der Waals surface area (Å²) in [6.45, 7) is 3.20. The molecule has 2 aromatic carbocycles. The standard InChI is InChI=1S/C17H14O3/c1-10-16(19)13(11(2)18)8-14-15(9-20-17(10)14)12-6-4-3-5-7-12/h3-9,19H,1-2H3. The molecular weight excluding hydrogens is 252 g/mol. The molecule has 100 valence electrons. The van der Waals surface area contributed by atoms with Crippen molar-refractivity contribution in [3.63, 3.8) is 0 Å². The SMILES string of the molecule is CC(=O)c1cc2c(-c3ccccc3)coc2c(C)c1O. The Labute approximate surface area is 116 Å². The summed E-state index contributed by atoms with van der Waals surface area (Å²) in [6, 6.07) is 11.5. The normalized spacial score (nSPS) is 10.9. The minimum atomic E-state index is -0.160. The van der Waals surface area contributed by atoms with Crippen molar-refractivity contribution in [1.29, 1.82) is 0 Å². The van der Waals surface area contributed by atoms with Crippen LogP contribution in [0.4, 0.5) is 0 Å². The number of Topliss-reactive ketones (excluding diaryl/α,β-unsaturated/α-hetero) is 1. The van der Waals surface area contributed by atoms with Crippen LogP contribution in [0.1, 0.15) is 22.8 Å². The van der Waals surface area contributed by atoms with Crippen LogP contribution in [0.25, 0.3) is 22.1 Å². The minimum Gasteiger partial charge on any atom is -0.507 e. The molecule has 0 amide bonds. The Hall–Kier alpha value is -2.55. The molecule has 1 heterocycles. The molecule has 3 rings (SSSR count). The fourth-order valence-electron chi connectivity index (χ4n) is 2.43. The molecule has 0 atom stereocenters. The Bertz CT molecular complexity index is 798. The number of rotatable bonds is 2. The number of benzene rings is 2. The van der Waals surface area contributed by atoms with Gasteiger partial charge in [-0.05, 0) is 25.5 Å². The van der Waals surface area contributed by atoms with Gasteiger partial charge in [-0.15, -0.1) is 0 Å². The van der Waals surface area contributed by atoms with E-state index in [1.807, 2.05) is 30.3 Å². The van der Waals surface area contributed by atoms with Gasteiger partial charge in [0.25, 0.3) is 0 Å². The molecule has 0 unspecified atom stereocenters. The van der Waals surface area contributed by atoms with Crippen molar-refractivity contribution < 1.29 is 14.3 Å². The number of phenols is 1. The summed E-state index contributed by atoms with van der Waals surface area (Å²) in [4.78, 5) is 11.6. The number of carbonyl (C=O) groups excluding carboxylic acids is 1. The topological polar surface area (TPSA) is 50.4 Å². The number of fused-ring (bicyclic) bond motifs is 1. The molecule has 0 bridgehead atoms. The van der Waals surface area contributed by atoms with Crippen molar-refractivity contribution in [3.05, 3.63) is 53.8 Å². The van der Waals surface area contributed by atoms with Crippen LogP contribution < -0.4 is 0 Å². The molecule has 0 saturated heterocycles. The Morgan fingerprint density at radius 2 is 1.90 bits per heavy atom. The molecule has 3 heteroatoms. The molecule has 3 aromatic rings. The monoisotopic (exact) mass is 266 g/mol. The average molecular weight is 266 g/mol. The van der Waals surface area contributed by atoms with Gasteiger partial charge in [0.15, 0.2) is 5.78 Å². The first kappa shape index (κ1) is 12.5. The third kappa shape index (κ3) is 1.79. The fraction of sp³-hybridized carbons (Fsp3) is 0.118. The second kappa shape index (κ2) is 4.53. The zero-order chi connectivity index (χ0) is 14.3. The predicted molar refractivity (Wildman–Crippen MR) is 78.1 cm³/mol. The number of ketones is 1. The third-order valence-electron chi connectivity index (χ3n) is 3.53. The summed E-state index contributed by atoms with van der Waals surface area (Å²) in [5.41, 5.74) is 3.48. The van der Waals surface area contributed by atoms with E-state index in [9.17, 15) is 9.90 Å². The van der Waals surface area contributed by atoms with E-state index < -0.39 is 0 Å². The highest BCUT2D eigenvalue weighted by Gasteiger charge is 2.18. The van der Waals surface area contributed by atoms with Gasteiger partial charge in [0.1, 0.15) is 11.3 Å². The molecule has 0 saturated carbocycles. The Morgan fingerprint density at radius 3 is 2.55 bits per heavy atom. The van der Waals surface area contributed by atoms with E-state index in [-0.39, 0.29) is 11.5 Å². The van der Waals surface area contributed by atoms with Crippen molar-refractivity contribution in [3.8, 4) is 16.9 Å². The molecule has 0 aliphatic carbocycles. The molecule has 0 aliphatic rings. The van der Waals surface area contributed by atoms with Gasteiger partial charge >= 0.3 is 0 Å². The summed E-state index contributed by atoms with van der Waals surface area (Å²) in [5.74, 6) is -0.160. The summed E-state index contributed by atoms with van der Waals surface area (Å²) in [7, 11) is 0. The van der Waals surface area contributed by atoms with E-state index in [0.29, 0.717) is 16.7 Å². The highest BCUT2D eigenvalue weighted by atomic mass is 16.3. The van der Waals surface area contributed by atoms with Crippen LogP contribution in [0.5, 0.6) is 5.75 Å². The molecule has 1 aromatic heterocycles. The summed E-state index contributed by atoms with van der Waals surface area (Å²) in [6.07, 6.45) is 1.66. The van der Waals surface area contributed by atoms with Crippen LogP contribution in [-0.2, 0) is 0 Å². The highest BCUT2D eigenvalue weighted by Crippen LogP contribution is 2.37. The molecule has 0 fully saturated rings. The van der Waals surface area contributed by atoms with E-state index in [2.05, 4.69) is 0 Å². The smallest absolute Gasteiger partial charge is 0.163 e. The molecule has 1 N–H and O–H groups in total. The van der Waals surface area contributed by atoms with Gasteiger partial charge in [0.05, 0.1) is 11.8 Å². The number of carbonyl (C=O) groups is 1. The predicted octanol–water partition coefficient (Wildman–Crippen LogP) is 4.32. The maximum atomic E-state index is 11.6. The van der Waals surface area contributed by atoms with Crippen LogP contribution in [-0.4, -0.2) is 10.9 Å². The van der Waals surface area contributed by atoms with Crippen molar-refractivity contribution >= 4 is 16.8 Å². The largest absolute Gasteiger partial charge is 0.507 e. The Balaban J connectivity index is 2.35. The number of hydrogen-bond acceptors (Lipinski definition) is 3. The molecule has 0 aliphatic heterocycles. The summed E-state index contributed by atoms with van der Waals surface area (Å²) >= 11 is 0. The van der Waals surface area contributed by atoms with Crippen molar-refractivity contribution in [2.24, 2.45) is 0 Å². The zero-order valence-corrected chi connectivity index (χ0v) is 11.3. The van der Waals surface area contributed by atoms with E-state index in [4.69, 9.17) is 4.42 Å². The molecule has 0 radical (unpaired) electrons. The molecular formula is C17H14O3. The second-order valence-electron chi connectivity index (χ2n) is 4.85. The van der Waals surface area contributed by atoms with Gasteiger partial charge < -0.3 is 9.52 Å². The van der Waals surface area contributed by atoms with Crippen molar-refractivity contribution in [1.82, 2.24) is 0 Å². The van der Waals surface area contributed by atoms with Crippen molar-refractivity contribution in [2.75, 3.05) is 0 Å². The third-order valence-corrected chi connectivity index (χ3v) is 3.53. The van der Waals surface area contributed by atoms with Gasteiger partial charge in [-0.25, -0.2) is 0 Å². The Morgan fingerprint density at radius 1 is 1.20 bits per heavy atom.